The third-order valence-corrected chi connectivity index (χ3v) is 3.92. The van der Waals surface area contributed by atoms with Crippen molar-refractivity contribution < 1.29 is 4.74 Å². The number of aromatic nitrogens is 2. The zero-order valence-corrected chi connectivity index (χ0v) is 12.1. The molecule has 1 aromatic heterocycles. The van der Waals surface area contributed by atoms with E-state index in [-0.39, 0.29) is 0 Å². The highest BCUT2D eigenvalue weighted by molar-refractivity contribution is 9.10. The molecule has 1 aliphatic rings. The molecule has 1 atom stereocenters. The fraction of sp³-hybridized carbons (Fsp3) is 0.357. The number of anilines is 1. The third-order valence-electron chi connectivity index (χ3n) is 3.39. The van der Waals surface area contributed by atoms with Crippen LogP contribution in [0, 0.1) is 0 Å². The maximum atomic E-state index is 6.05. The number of benzene rings is 1. The standard InChI is InChI=1S/C14H16BrN3O/c15-12-3-1-10(2-4-12)7-18-8-13(16)14(17-18)11-5-6-19-9-11/h1-4,8,11H,5-7,9,16H2. The van der Waals surface area contributed by atoms with E-state index in [1.165, 1.54) is 5.56 Å². The molecule has 0 bridgehead atoms. The van der Waals surface area contributed by atoms with E-state index >= 15 is 0 Å². The lowest BCUT2D eigenvalue weighted by atomic mass is 10.0. The number of nitrogen functional groups attached to an aromatic ring is 1. The van der Waals surface area contributed by atoms with Crippen LogP contribution in [0.5, 0.6) is 0 Å². The van der Waals surface area contributed by atoms with Crippen LogP contribution in [-0.4, -0.2) is 23.0 Å². The first-order chi connectivity index (χ1) is 9.22. The van der Waals surface area contributed by atoms with Gasteiger partial charge in [-0.1, -0.05) is 28.1 Å². The topological polar surface area (TPSA) is 53.1 Å². The fourth-order valence-corrected chi connectivity index (χ4v) is 2.64. The molecule has 100 valence electrons. The number of ether oxygens (including phenoxy) is 1. The lowest BCUT2D eigenvalue weighted by Gasteiger charge is -2.04. The van der Waals surface area contributed by atoms with Crippen LogP contribution in [-0.2, 0) is 11.3 Å². The Labute approximate surface area is 120 Å². The molecule has 3 rings (SSSR count). The molecule has 2 heterocycles. The number of halogens is 1. The molecule has 4 nitrogen and oxygen atoms in total. The SMILES string of the molecule is Nc1cn(Cc2ccc(Br)cc2)nc1C1CCOC1. The first-order valence-electron chi connectivity index (χ1n) is 6.37. The maximum absolute atomic E-state index is 6.05. The molecular weight excluding hydrogens is 306 g/mol. The van der Waals surface area contributed by atoms with Crippen molar-refractivity contribution in [2.24, 2.45) is 0 Å². The molecule has 2 aromatic rings. The normalized spacial score (nSPS) is 18.9. The quantitative estimate of drug-likeness (QED) is 0.945. The van der Waals surface area contributed by atoms with E-state index in [1.54, 1.807) is 0 Å². The lowest BCUT2D eigenvalue weighted by molar-refractivity contribution is 0.193. The zero-order chi connectivity index (χ0) is 13.2. The Morgan fingerprint density at radius 1 is 1.37 bits per heavy atom. The Bertz CT molecular complexity index is 559. The summed E-state index contributed by atoms with van der Waals surface area (Å²) in [5.41, 5.74) is 9.01. The van der Waals surface area contributed by atoms with Gasteiger partial charge in [0.25, 0.3) is 0 Å². The van der Waals surface area contributed by atoms with E-state index in [0.29, 0.717) is 5.92 Å². The lowest BCUT2D eigenvalue weighted by Crippen LogP contribution is -2.04. The zero-order valence-electron chi connectivity index (χ0n) is 10.6. The summed E-state index contributed by atoms with van der Waals surface area (Å²) in [6, 6.07) is 8.24. The number of nitrogens with two attached hydrogens (primary N) is 1. The highest BCUT2D eigenvalue weighted by atomic mass is 79.9. The number of rotatable bonds is 3. The van der Waals surface area contributed by atoms with Gasteiger partial charge in [-0.05, 0) is 24.1 Å². The monoisotopic (exact) mass is 321 g/mol. The molecule has 0 radical (unpaired) electrons. The van der Waals surface area contributed by atoms with E-state index in [1.807, 2.05) is 23.0 Å². The Morgan fingerprint density at radius 2 is 2.16 bits per heavy atom. The summed E-state index contributed by atoms with van der Waals surface area (Å²) in [7, 11) is 0. The minimum Gasteiger partial charge on any atom is -0.396 e. The van der Waals surface area contributed by atoms with Gasteiger partial charge in [-0.2, -0.15) is 5.10 Å². The second-order valence-corrected chi connectivity index (χ2v) is 5.77. The second kappa shape index (κ2) is 5.35. The maximum Gasteiger partial charge on any atom is 0.0908 e. The van der Waals surface area contributed by atoms with Crippen LogP contribution in [0.2, 0.25) is 0 Å². The molecule has 19 heavy (non-hydrogen) atoms. The number of nitrogens with zero attached hydrogens (tertiary/aromatic N) is 2. The van der Waals surface area contributed by atoms with Crippen LogP contribution in [0.15, 0.2) is 34.9 Å². The summed E-state index contributed by atoms with van der Waals surface area (Å²) < 4.78 is 8.39. The minimum atomic E-state index is 0.353. The molecule has 0 spiro atoms. The molecule has 0 aliphatic carbocycles. The van der Waals surface area contributed by atoms with Crippen molar-refractivity contribution in [2.45, 2.75) is 18.9 Å². The smallest absolute Gasteiger partial charge is 0.0908 e. The molecule has 0 saturated carbocycles. The molecule has 1 fully saturated rings. The van der Waals surface area contributed by atoms with E-state index in [4.69, 9.17) is 10.5 Å². The van der Waals surface area contributed by atoms with Gasteiger partial charge in [0.1, 0.15) is 0 Å². The molecule has 0 amide bonds. The first-order valence-corrected chi connectivity index (χ1v) is 7.16. The van der Waals surface area contributed by atoms with Gasteiger partial charge in [-0.15, -0.1) is 0 Å². The van der Waals surface area contributed by atoms with Crippen molar-refractivity contribution in [1.29, 1.82) is 0 Å². The molecule has 5 heteroatoms. The van der Waals surface area contributed by atoms with Crippen molar-refractivity contribution in [2.75, 3.05) is 18.9 Å². The highest BCUT2D eigenvalue weighted by Gasteiger charge is 2.22. The Hall–Kier alpha value is -1.33. The van der Waals surface area contributed by atoms with Crippen LogP contribution in [0.4, 0.5) is 5.69 Å². The number of hydrogen-bond acceptors (Lipinski definition) is 3. The second-order valence-electron chi connectivity index (χ2n) is 4.85. The summed E-state index contributed by atoms with van der Waals surface area (Å²) >= 11 is 3.43. The van der Waals surface area contributed by atoms with Gasteiger partial charge < -0.3 is 10.5 Å². The van der Waals surface area contributed by atoms with Gasteiger partial charge in [-0.3, -0.25) is 4.68 Å². The van der Waals surface area contributed by atoms with Crippen LogP contribution in [0.25, 0.3) is 0 Å². The highest BCUT2D eigenvalue weighted by Crippen LogP contribution is 2.28. The van der Waals surface area contributed by atoms with Crippen LogP contribution in [0.1, 0.15) is 23.6 Å². The largest absolute Gasteiger partial charge is 0.396 e. The molecule has 1 aliphatic heterocycles. The summed E-state index contributed by atoms with van der Waals surface area (Å²) in [5.74, 6) is 0.353. The van der Waals surface area contributed by atoms with Crippen molar-refractivity contribution in [3.8, 4) is 0 Å². The Morgan fingerprint density at radius 3 is 2.84 bits per heavy atom. The summed E-state index contributed by atoms with van der Waals surface area (Å²) in [6.45, 7) is 2.29. The van der Waals surface area contributed by atoms with Crippen LogP contribution >= 0.6 is 15.9 Å². The summed E-state index contributed by atoms with van der Waals surface area (Å²) in [6.07, 6.45) is 2.93. The Kier molecular flexibility index (Phi) is 3.57. The van der Waals surface area contributed by atoms with Gasteiger partial charge in [0.15, 0.2) is 0 Å². The van der Waals surface area contributed by atoms with Gasteiger partial charge >= 0.3 is 0 Å². The minimum absolute atomic E-state index is 0.353. The molecule has 1 saturated heterocycles. The first kappa shape index (κ1) is 12.7. The van der Waals surface area contributed by atoms with Crippen molar-refractivity contribution in [1.82, 2.24) is 9.78 Å². The summed E-state index contributed by atoms with van der Waals surface area (Å²) in [4.78, 5) is 0. The van der Waals surface area contributed by atoms with E-state index in [2.05, 4.69) is 33.2 Å². The number of hydrogen-bond donors (Lipinski definition) is 1. The van der Waals surface area contributed by atoms with Crippen LogP contribution < -0.4 is 5.73 Å². The average Bonchev–Trinajstić information content (AvgIpc) is 3.01. The predicted molar refractivity (Wildman–Crippen MR) is 78.1 cm³/mol. The molecule has 1 unspecified atom stereocenters. The van der Waals surface area contributed by atoms with Crippen molar-refractivity contribution in [3.05, 3.63) is 46.2 Å². The third kappa shape index (κ3) is 2.82. The van der Waals surface area contributed by atoms with Crippen molar-refractivity contribution >= 4 is 21.6 Å². The van der Waals surface area contributed by atoms with Gasteiger partial charge in [-0.25, -0.2) is 0 Å². The van der Waals surface area contributed by atoms with Gasteiger partial charge in [0, 0.05) is 23.2 Å². The van der Waals surface area contributed by atoms with Crippen molar-refractivity contribution in [3.63, 3.8) is 0 Å². The Balaban J connectivity index is 1.78. The molecule has 2 N–H and O–H groups in total. The van der Waals surface area contributed by atoms with E-state index in [9.17, 15) is 0 Å². The fourth-order valence-electron chi connectivity index (χ4n) is 2.38. The molecule has 1 aromatic carbocycles. The summed E-state index contributed by atoms with van der Waals surface area (Å²) in [5, 5.41) is 4.61. The van der Waals surface area contributed by atoms with Gasteiger partial charge in [0.05, 0.1) is 24.5 Å². The van der Waals surface area contributed by atoms with E-state index < -0.39 is 0 Å². The van der Waals surface area contributed by atoms with Gasteiger partial charge in [0.2, 0.25) is 0 Å². The predicted octanol–water partition coefficient (Wildman–Crippen LogP) is 2.78. The molecular formula is C14H16BrN3O. The van der Waals surface area contributed by atoms with E-state index in [0.717, 1.165) is 42.0 Å². The average molecular weight is 322 g/mol. The van der Waals surface area contributed by atoms with Crippen LogP contribution in [0.3, 0.4) is 0 Å².